The normalized spacial score (nSPS) is 10.9. The standard InChI is InChI=1S/C13H14FNO/c1-3-7-15-8-11(9(2)16)10-5-4-6-12(14)13(10)15/h4-6,8H,3,7H2,1-2H3. The van der Waals surface area contributed by atoms with Crippen LogP contribution >= 0.6 is 0 Å². The molecule has 0 radical (unpaired) electrons. The van der Waals surface area contributed by atoms with Gasteiger partial charge >= 0.3 is 0 Å². The lowest BCUT2D eigenvalue weighted by molar-refractivity contribution is 0.101. The summed E-state index contributed by atoms with van der Waals surface area (Å²) < 4.78 is 15.5. The Balaban J connectivity index is 2.76. The zero-order valence-electron chi connectivity index (χ0n) is 9.46. The zero-order chi connectivity index (χ0) is 11.7. The van der Waals surface area contributed by atoms with Crippen LogP contribution in [-0.4, -0.2) is 10.4 Å². The van der Waals surface area contributed by atoms with Gasteiger partial charge in [-0.1, -0.05) is 19.1 Å². The van der Waals surface area contributed by atoms with Gasteiger partial charge in [-0.05, 0) is 19.4 Å². The molecule has 1 aromatic heterocycles. The molecule has 84 valence electrons. The summed E-state index contributed by atoms with van der Waals surface area (Å²) in [7, 11) is 0. The van der Waals surface area contributed by atoms with Gasteiger partial charge in [0.2, 0.25) is 0 Å². The number of halogens is 1. The van der Waals surface area contributed by atoms with Crippen LogP contribution in [0.4, 0.5) is 4.39 Å². The maximum absolute atomic E-state index is 13.7. The van der Waals surface area contributed by atoms with Crippen LogP contribution in [0, 0.1) is 5.82 Å². The Hall–Kier alpha value is -1.64. The Morgan fingerprint density at radius 2 is 2.19 bits per heavy atom. The highest BCUT2D eigenvalue weighted by molar-refractivity contribution is 6.07. The molecule has 2 nitrogen and oxygen atoms in total. The van der Waals surface area contributed by atoms with E-state index in [4.69, 9.17) is 0 Å². The average Bonchev–Trinajstić information content (AvgIpc) is 2.59. The van der Waals surface area contributed by atoms with E-state index < -0.39 is 0 Å². The molecule has 0 aliphatic rings. The van der Waals surface area contributed by atoms with Crippen LogP contribution in [0.1, 0.15) is 30.6 Å². The SMILES string of the molecule is CCCn1cc(C(C)=O)c2cccc(F)c21. The monoisotopic (exact) mass is 219 g/mol. The van der Waals surface area contributed by atoms with Gasteiger partial charge in [-0.3, -0.25) is 4.79 Å². The van der Waals surface area contributed by atoms with Gasteiger partial charge in [0.05, 0.1) is 5.52 Å². The van der Waals surface area contributed by atoms with Crippen molar-refractivity contribution in [2.45, 2.75) is 26.8 Å². The van der Waals surface area contributed by atoms with Crippen LogP contribution in [-0.2, 0) is 6.54 Å². The number of nitrogens with zero attached hydrogens (tertiary/aromatic N) is 1. The molecule has 0 saturated carbocycles. The maximum atomic E-state index is 13.7. The predicted octanol–water partition coefficient (Wildman–Crippen LogP) is 3.39. The van der Waals surface area contributed by atoms with Gasteiger partial charge in [-0.15, -0.1) is 0 Å². The van der Waals surface area contributed by atoms with E-state index in [1.807, 2.05) is 11.5 Å². The molecule has 0 spiro atoms. The van der Waals surface area contributed by atoms with Gasteiger partial charge in [0.25, 0.3) is 0 Å². The molecule has 0 atom stereocenters. The van der Waals surface area contributed by atoms with E-state index in [2.05, 4.69) is 0 Å². The van der Waals surface area contributed by atoms with E-state index in [9.17, 15) is 9.18 Å². The van der Waals surface area contributed by atoms with Gasteiger partial charge in [0, 0.05) is 23.7 Å². The van der Waals surface area contributed by atoms with E-state index in [0.29, 0.717) is 16.5 Å². The first-order valence-corrected chi connectivity index (χ1v) is 5.43. The predicted molar refractivity (Wildman–Crippen MR) is 62.2 cm³/mol. The van der Waals surface area contributed by atoms with Crippen molar-refractivity contribution in [2.24, 2.45) is 0 Å². The van der Waals surface area contributed by atoms with Crippen LogP contribution in [0.25, 0.3) is 10.9 Å². The highest BCUT2D eigenvalue weighted by Gasteiger charge is 2.14. The van der Waals surface area contributed by atoms with Crippen LogP contribution in [0.2, 0.25) is 0 Å². The number of para-hydroxylation sites is 1. The highest BCUT2D eigenvalue weighted by atomic mass is 19.1. The second-order valence-corrected chi connectivity index (χ2v) is 3.93. The number of aromatic nitrogens is 1. The second-order valence-electron chi connectivity index (χ2n) is 3.93. The number of carbonyl (C=O) groups is 1. The minimum absolute atomic E-state index is 0.0227. The van der Waals surface area contributed by atoms with Gasteiger partial charge in [0.1, 0.15) is 5.82 Å². The molecule has 0 saturated heterocycles. The Morgan fingerprint density at radius 1 is 1.44 bits per heavy atom. The molecule has 2 aromatic rings. The first kappa shape index (κ1) is 10.9. The lowest BCUT2D eigenvalue weighted by Crippen LogP contribution is -1.96. The van der Waals surface area contributed by atoms with Crippen LogP contribution < -0.4 is 0 Å². The summed E-state index contributed by atoms with van der Waals surface area (Å²) >= 11 is 0. The topological polar surface area (TPSA) is 22.0 Å². The van der Waals surface area contributed by atoms with Crippen LogP contribution in [0.3, 0.4) is 0 Å². The quantitative estimate of drug-likeness (QED) is 0.725. The van der Waals surface area contributed by atoms with E-state index in [-0.39, 0.29) is 11.6 Å². The number of hydrogen-bond acceptors (Lipinski definition) is 1. The number of fused-ring (bicyclic) bond motifs is 1. The first-order valence-electron chi connectivity index (χ1n) is 5.43. The summed E-state index contributed by atoms with van der Waals surface area (Å²) in [5.41, 5.74) is 1.14. The molecule has 0 unspecified atom stereocenters. The van der Waals surface area contributed by atoms with Gasteiger partial charge in [0.15, 0.2) is 5.78 Å². The maximum Gasteiger partial charge on any atom is 0.161 e. The van der Waals surface area contributed by atoms with Crippen molar-refractivity contribution in [2.75, 3.05) is 0 Å². The molecular weight excluding hydrogens is 205 g/mol. The van der Waals surface area contributed by atoms with Gasteiger partial charge in [-0.25, -0.2) is 4.39 Å². The fourth-order valence-electron chi connectivity index (χ4n) is 2.01. The van der Waals surface area contributed by atoms with Crippen molar-refractivity contribution in [3.05, 3.63) is 35.8 Å². The third kappa shape index (κ3) is 1.62. The third-order valence-corrected chi connectivity index (χ3v) is 2.69. The molecule has 0 N–H and O–H groups in total. The Morgan fingerprint density at radius 3 is 2.81 bits per heavy atom. The fraction of sp³-hybridized carbons (Fsp3) is 0.308. The molecular formula is C13H14FNO. The van der Waals surface area contributed by atoms with Crippen molar-refractivity contribution in [3.63, 3.8) is 0 Å². The molecule has 16 heavy (non-hydrogen) atoms. The number of benzene rings is 1. The number of hydrogen-bond donors (Lipinski definition) is 0. The molecule has 0 amide bonds. The summed E-state index contributed by atoms with van der Waals surface area (Å²) in [5.74, 6) is -0.288. The Bertz CT molecular complexity index is 542. The minimum atomic E-state index is -0.265. The summed E-state index contributed by atoms with van der Waals surface area (Å²) in [5, 5.41) is 0.709. The number of Topliss-reactive ketones (excluding diaryl/α,β-unsaturated/α-hetero) is 1. The number of aryl methyl sites for hydroxylation is 1. The zero-order valence-corrected chi connectivity index (χ0v) is 9.46. The smallest absolute Gasteiger partial charge is 0.161 e. The van der Waals surface area contributed by atoms with Gasteiger partial charge < -0.3 is 4.57 Å². The first-order chi connectivity index (χ1) is 7.65. The van der Waals surface area contributed by atoms with E-state index in [1.165, 1.54) is 13.0 Å². The van der Waals surface area contributed by atoms with E-state index >= 15 is 0 Å². The Kier molecular flexibility index (Phi) is 2.77. The van der Waals surface area contributed by atoms with Crippen molar-refractivity contribution in [1.29, 1.82) is 0 Å². The second kappa shape index (κ2) is 4.08. The molecule has 1 aromatic carbocycles. The lowest BCUT2D eigenvalue weighted by Gasteiger charge is -2.02. The summed E-state index contributed by atoms with van der Waals surface area (Å²) in [6.45, 7) is 4.26. The van der Waals surface area contributed by atoms with Crippen molar-refractivity contribution < 1.29 is 9.18 Å². The van der Waals surface area contributed by atoms with E-state index in [0.717, 1.165) is 13.0 Å². The molecule has 3 heteroatoms. The number of ketones is 1. The highest BCUT2D eigenvalue weighted by Crippen LogP contribution is 2.24. The molecule has 0 bridgehead atoms. The average molecular weight is 219 g/mol. The molecule has 2 rings (SSSR count). The molecule has 0 aliphatic heterocycles. The number of rotatable bonds is 3. The van der Waals surface area contributed by atoms with Crippen LogP contribution in [0.5, 0.6) is 0 Å². The third-order valence-electron chi connectivity index (χ3n) is 2.69. The Labute approximate surface area is 93.7 Å². The minimum Gasteiger partial charge on any atom is -0.344 e. The molecule has 1 heterocycles. The van der Waals surface area contributed by atoms with Crippen LogP contribution in [0.15, 0.2) is 24.4 Å². The number of carbonyl (C=O) groups excluding carboxylic acids is 1. The van der Waals surface area contributed by atoms with Crippen molar-refractivity contribution in [1.82, 2.24) is 4.57 Å². The molecule has 0 aliphatic carbocycles. The molecule has 0 fully saturated rings. The summed E-state index contributed by atoms with van der Waals surface area (Å²) in [6, 6.07) is 4.86. The summed E-state index contributed by atoms with van der Waals surface area (Å²) in [6.07, 6.45) is 2.66. The van der Waals surface area contributed by atoms with E-state index in [1.54, 1.807) is 18.3 Å². The van der Waals surface area contributed by atoms with Gasteiger partial charge in [-0.2, -0.15) is 0 Å². The summed E-state index contributed by atoms with van der Waals surface area (Å²) in [4.78, 5) is 11.5. The lowest BCUT2D eigenvalue weighted by atomic mass is 10.1. The van der Waals surface area contributed by atoms with Crippen molar-refractivity contribution >= 4 is 16.7 Å². The van der Waals surface area contributed by atoms with Crippen molar-refractivity contribution in [3.8, 4) is 0 Å². The largest absolute Gasteiger partial charge is 0.344 e. The fourth-order valence-corrected chi connectivity index (χ4v) is 2.01.